The van der Waals surface area contributed by atoms with Gasteiger partial charge in [-0.25, -0.2) is 8.98 Å². The van der Waals surface area contributed by atoms with E-state index >= 15 is 0 Å². The van der Waals surface area contributed by atoms with E-state index in [1.165, 1.54) is 6.08 Å². The number of carbonyl (C=O) groups excluding carboxylic acids is 1. The third-order valence-corrected chi connectivity index (χ3v) is 1.47. The Morgan fingerprint density at radius 3 is 2.62 bits per heavy atom. The molecule has 0 saturated carbocycles. The predicted octanol–water partition coefficient (Wildman–Crippen LogP) is -0.0765. The van der Waals surface area contributed by atoms with Crippen LogP contribution in [0.2, 0.25) is 0 Å². The monoisotopic (exact) mass is 210 g/mol. The van der Waals surface area contributed by atoms with Crippen molar-refractivity contribution >= 4 is 16.4 Å². The highest BCUT2D eigenvalue weighted by atomic mass is 32.3. The Bertz CT molecular complexity index is 279. The van der Waals surface area contributed by atoms with Crippen molar-refractivity contribution < 1.29 is 26.7 Å². The molecule has 0 aromatic rings. The maximum Gasteiger partial charge on any atom is 0.398 e. The third-order valence-electron chi connectivity index (χ3n) is 0.941. The summed E-state index contributed by atoms with van der Waals surface area (Å²) < 4.78 is 36.8. The van der Waals surface area contributed by atoms with Gasteiger partial charge in [0.25, 0.3) is 0 Å². The molecule has 0 saturated heterocycles. The van der Waals surface area contributed by atoms with Gasteiger partial charge in [0.05, 0.1) is 0 Å². The van der Waals surface area contributed by atoms with Crippen LogP contribution in [0.5, 0.6) is 0 Å². The lowest BCUT2D eigenvalue weighted by molar-refractivity contribution is -0.149. The summed E-state index contributed by atoms with van der Waals surface area (Å²) >= 11 is 0. The van der Waals surface area contributed by atoms with Crippen LogP contribution in [0.1, 0.15) is 6.92 Å². The molecule has 0 bridgehead atoms. The van der Waals surface area contributed by atoms with E-state index in [0.717, 1.165) is 6.92 Å². The van der Waals surface area contributed by atoms with Crippen LogP contribution in [-0.2, 0) is 24.1 Å². The van der Waals surface area contributed by atoms with E-state index in [2.05, 4.69) is 15.5 Å². The molecule has 0 aliphatic carbocycles. The minimum atomic E-state index is -4.62. The molecule has 0 radical (unpaired) electrons. The van der Waals surface area contributed by atoms with E-state index in [-0.39, 0.29) is 6.61 Å². The first kappa shape index (κ1) is 12.1. The summed E-state index contributed by atoms with van der Waals surface area (Å²) in [6, 6.07) is 0. The van der Waals surface area contributed by atoms with E-state index in [4.69, 9.17) is 4.55 Å². The molecule has 76 valence electrons. The quantitative estimate of drug-likeness (QED) is 0.388. The molecule has 7 heteroatoms. The molecular weight excluding hydrogens is 200 g/mol. The van der Waals surface area contributed by atoms with Crippen molar-refractivity contribution in [3.8, 4) is 0 Å². The van der Waals surface area contributed by atoms with Crippen LogP contribution in [0.3, 0.4) is 0 Å². The van der Waals surface area contributed by atoms with Gasteiger partial charge in [0.15, 0.2) is 6.10 Å². The number of rotatable bonds is 5. The summed E-state index contributed by atoms with van der Waals surface area (Å²) in [5, 5.41) is 0. The Hall–Kier alpha value is -0.920. The fourth-order valence-electron chi connectivity index (χ4n) is 0.480. The maximum atomic E-state index is 10.8. The lowest BCUT2D eigenvalue weighted by Crippen LogP contribution is -2.26. The lowest BCUT2D eigenvalue weighted by atomic mass is 10.4. The third kappa shape index (κ3) is 6.26. The van der Waals surface area contributed by atoms with Gasteiger partial charge in [-0.3, -0.25) is 4.55 Å². The van der Waals surface area contributed by atoms with Gasteiger partial charge in [0.1, 0.15) is 6.61 Å². The highest BCUT2D eigenvalue weighted by Crippen LogP contribution is 1.99. The molecule has 0 aliphatic rings. The minimum Gasteiger partial charge on any atom is -0.460 e. The van der Waals surface area contributed by atoms with E-state index in [0.29, 0.717) is 0 Å². The zero-order valence-electron chi connectivity index (χ0n) is 6.97. The first-order valence-electron chi connectivity index (χ1n) is 3.30. The summed E-state index contributed by atoms with van der Waals surface area (Å²) in [5.41, 5.74) is 0. The highest BCUT2D eigenvalue weighted by Gasteiger charge is 2.20. The molecule has 1 atom stereocenters. The molecule has 0 spiro atoms. The smallest absolute Gasteiger partial charge is 0.398 e. The second kappa shape index (κ2) is 4.95. The van der Waals surface area contributed by atoms with Crippen LogP contribution in [0.4, 0.5) is 0 Å². The van der Waals surface area contributed by atoms with Crippen molar-refractivity contribution in [2.45, 2.75) is 13.0 Å². The highest BCUT2D eigenvalue weighted by molar-refractivity contribution is 7.80. The molecule has 0 rings (SSSR count). The van der Waals surface area contributed by atoms with Crippen LogP contribution in [0.15, 0.2) is 12.7 Å². The van der Waals surface area contributed by atoms with Crippen LogP contribution in [-0.4, -0.2) is 31.7 Å². The topological polar surface area (TPSA) is 89.9 Å². The average Bonchev–Trinajstić information content (AvgIpc) is 1.96. The second-order valence-electron chi connectivity index (χ2n) is 2.08. The van der Waals surface area contributed by atoms with Crippen LogP contribution >= 0.6 is 0 Å². The fraction of sp³-hybridized carbons (Fsp3) is 0.500. The molecule has 0 amide bonds. The van der Waals surface area contributed by atoms with E-state index in [1.807, 2.05) is 0 Å². The summed E-state index contributed by atoms with van der Waals surface area (Å²) in [7, 11) is -4.62. The Morgan fingerprint density at radius 1 is 1.69 bits per heavy atom. The van der Waals surface area contributed by atoms with Crippen LogP contribution in [0.25, 0.3) is 0 Å². The number of ether oxygens (including phenoxy) is 1. The molecule has 0 aromatic carbocycles. The average molecular weight is 210 g/mol. The lowest BCUT2D eigenvalue weighted by Gasteiger charge is -2.08. The zero-order valence-corrected chi connectivity index (χ0v) is 7.78. The van der Waals surface area contributed by atoms with Gasteiger partial charge < -0.3 is 4.74 Å². The van der Waals surface area contributed by atoms with E-state index in [1.54, 1.807) is 0 Å². The molecule has 0 fully saturated rings. The van der Waals surface area contributed by atoms with Gasteiger partial charge in [-0.2, -0.15) is 8.42 Å². The van der Waals surface area contributed by atoms with Crippen molar-refractivity contribution in [1.29, 1.82) is 0 Å². The summed E-state index contributed by atoms with van der Waals surface area (Å²) in [5.74, 6) is -0.891. The number of esters is 1. The molecule has 1 N–H and O–H groups in total. The van der Waals surface area contributed by atoms with Crippen molar-refractivity contribution in [1.82, 2.24) is 0 Å². The first-order valence-corrected chi connectivity index (χ1v) is 4.66. The normalized spacial score (nSPS) is 13.4. The molecule has 0 heterocycles. The van der Waals surface area contributed by atoms with Crippen molar-refractivity contribution in [2.75, 3.05) is 6.61 Å². The Kier molecular flexibility index (Phi) is 4.60. The minimum absolute atomic E-state index is 0.0436. The van der Waals surface area contributed by atoms with Crippen LogP contribution < -0.4 is 0 Å². The van der Waals surface area contributed by atoms with Gasteiger partial charge in [0.2, 0.25) is 0 Å². The Labute approximate surface area is 76.1 Å². The Morgan fingerprint density at radius 2 is 2.23 bits per heavy atom. The summed E-state index contributed by atoms with van der Waals surface area (Å²) in [4.78, 5) is 10.8. The largest absolute Gasteiger partial charge is 0.460 e. The van der Waals surface area contributed by atoms with E-state index < -0.39 is 22.5 Å². The predicted molar refractivity (Wildman–Crippen MR) is 43.3 cm³/mol. The summed E-state index contributed by atoms with van der Waals surface area (Å²) in [6.07, 6.45) is -0.0483. The van der Waals surface area contributed by atoms with Gasteiger partial charge in [-0.15, -0.1) is 0 Å². The second-order valence-corrected chi connectivity index (χ2v) is 3.13. The zero-order chi connectivity index (χ0) is 10.5. The molecule has 1 unspecified atom stereocenters. The van der Waals surface area contributed by atoms with Crippen molar-refractivity contribution in [2.24, 2.45) is 0 Å². The number of hydrogen-bond donors (Lipinski definition) is 1. The van der Waals surface area contributed by atoms with Gasteiger partial charge in [-0.05, 0) is 6.92 Å². The number of hydrogen-bond acceptors (Lipinski definition) is 5. The van der Waals surface area contributed by atoms with Gasteiger partial charge in [0, 0.05) is 0 Å². The van der Waals surface area contributed by atoms with Gasteiger partial charge in [-0.1, -0.05) is 12.7 Å². The maximum absolute atomic E-state index is 10.8. The standard InChI is InChI=1S/C6H10O6S/c1-3-4-11-6(7)5(2)12-13(8,9)10/h3,5H,1,4H2,2H3,(H,8,9,10). The van der Waals surface area contributed by atoms with Gasteiger partial charge >= 0.3 is 16.4 Å². The van der Waals surface area contributed by atoms with Crippen molar-refractivity contribution in [3.63, 3.8) is 0 Å². The molecule has 6 nitrogen and oxygen atoms in total. The first-order chi connectivity index (χ1) is 5.87. The molecular formula is C6H10O6S. The SMILES string of the molecule is C=CCOC(=O)C(C)OS(=O)(=O)O. The molecule has 0 aromatic heterocycles. The molecule has 0 aliphatic heterocycles. The summed E-state index contributed by atoms with van der Waals surface area (Å²) in [6.45, 7) is 4.38. The van der Waals surface area contributed by atoms with E-state index in [9.17, 15) is 13.2 Å². The van der Waals surface area contributed by atoms with Crippen LogP contribution in [0, 0.1) is 0 Å². The molecule has 13 heavy (non-hydrogen) atoms. The van der Waals surface area contributed by atoms with Crippen molar-refractivity contribution in [3.05, 3.63) is 12.7 Å². The Balaban J connectivity index is 4.04. The number of carbonyl (C=O) groups is 1. The fourth-order valence-corrected chi connectivity index (χ4v) is 0.923.